The fraction of sp³-hybridized carbons (Fsp3) is 0.222. The van der Waals surface area contributed by atoms with Gasteiger partial charge in [0.15, 0.2) is 0 Å². The molecule has 0 saturated heterocycles. The number of nitro benzene ring substituents is 1. The summed E-state index contributed by atoms with van der Waals surface area (Å²) < 4.78 is 0. The van der Waals surface area contributed by atoms with Crippen molar-refractivity contribution in [1.82, 2.24) is 0 Å². The van der Waals surface area contributed by atoms with Gasteiger partial charge in [0.25, 0.3) is 5.69 Å². The number of hydrogen-bond donors (Lipinski definition) is 0. The highest BCUT2D eigenvalue weighted by Gasteiger charge is 2.08. The first-order chi connectivity index (χ1) is 6.63. The number of benzene rings is 1. The summed E-state index contributed by atoms with van der Waals surface area (Å²) in [5.41, 5.74) is 0.713. The van der Waals surface area contributed by atoms with Crippen LogP contribution in [0.5, 0.6) is 0 Å². The third kappa shape index (κ3) is 2.71. The lowest BCUT2D eigenvalue weighted by Crippen LogP contribution is -2.00. The molecule has 1 aromatic carbocycles. The van der Waals surface area contributed by atoms with E-state index in [1.165, 1.54) is 12.1 Å². The summed E-state index contributed by atoms with van der Waals surface area (Å²) in [5, 5.41) is 18.2. The molecule has 0 unspecified atom stereocenters. The first-order valence-corrected chi connectivity index (χ1v) is 4.34. The van der Waals surface area contributed by atoms with Crippen LogP contribution in [0.15, 0.2) is 24.3 Å². The Morgan fingerprint density at radius 2 is 2.36 bits per heavy atom. The van der Waals surface area contributed by atoms with Crippen LogP contribution in [0.2, 0.25) is 0 Å². The third-order valence-electron chi connectivity index (χ3n) is 1.68. The van der Waals surface area contributed by atoms with E-state index >= 15 is 0 Å². The van der Waals surface area contributed by atoms with Gasteiger partial charge in [0.05, 0.1) is 11.0 Å². The average molecular weight is 211 g/mol. The van der Waals surface area contributed by atoms with Gasteiger partial charge in [-0.05, 0) is 5.56 Å². The van der Waals surface area contributed by atoms with Crippen molar-refractivity contribution in [2.24, 2.45) is 0 Å². The number of hydrogen-bond acceptors (Lipinski definition) is 3. The molecule has 0 amide bonds. The summed E-state index contributed by atoms with van der Waals surface area (Å²) in [6, 6.07) is 7.97. The number of halogens is 1. The van der Waals surface area contributed by atoms with E-state index in [0.717, 1.165) is 0 Å². The van der Waals surface area contributed by atoms with E-state index in [1.807, 2.05) is 6.07 Å². The molecule has 0 aromatic heterocycles. The fourth-order valence-corrected chi connectivity index (χ4v) is 1.23. The molecule has 0 aliphatic rings. The zero-order valence-electron chi connectivity index (χ0n) is 7.18. The second kappa shape index (κ2) is 4.58. The van der Waals surface area contributed by atoms with Gasteiger partial charge in [-0.25, -0.2) is 0 Å². The quantitative estimate of drug-likeness (QED) is 0.437. The zero-order valence-corrected chi connectivity index (χ0v) is 7.94. The van der Waals surface area contributed by atoms with Gasteiger partial charge in [0.2, 0.25) is 0 Å². The normalized spacial score (nSPS) is 11.7. The van der Waals surface area contributed by atoms with Crippen molar-refractivity contribution >= 4 is 17.3 Å². The largest absolute Gasteiger partial charge is 0.269 e. The van der Waals surface area contributed by atoms with Crippen LogP contribution in [0.1, 0.15) is 5.56 Å². The van der Waals surface area contributed by atoms with Crippen molar-refractivity contribution in [3.63, 3.8) is 0 Å². The summed E-state index contributed by atoms with van der Waals surface area (Å²) in [7, 11) is 0. The molecule has 0 radical (unpaired) electrons. The van der Waals surface area contributed by atoms with Crippen LogP contribution >= 0.6 is 11.6 Å². The highest BCUT2D eigenvalue weighted by molar-refractivity contribution is 6.22. The van der Waals surface area contributed by atoms with Crippen molar-refractivity contribution in [3.8, 4) is 6.07 Å². The summed E-state index contributed by atoms with van der Waals surface area (Å²) >= 11 is 5.60. The summed E-state index contributed by atoms with van der Waals surface area (Å²) in [6.45, 7) is 0. The molecule has 0 bridgehead atoms. The van der Waals surface area contributed by atoms with Gasteiger partial charge >= 0.3 is 0 Å². The summed E-state index contributed by atoms with van der Waals surface area (Å²) in [5.74, 6) is 0. The van der Waals surface area contributed by atoms with E-state index in [9.17, 15) is 10.1 Å². The van der Waals surface area contributed by atoms with E-state index < -0.39 is 10.3 Å². The lowest BCUT2D eigenvalue weighted by molar-refractivity contribution is -0.384. The zero-order chi connectivity index (χ0) is 10.6. The second-order valence-electron chi connectivity index (χ2n) is 2.73. The van der Waals surface area contributed by atoms with Crippen LogP contribution in [0.4, 0.5) is 5.69 Å². The molecule has 0 heterocycles. The van der Waals surface area contributed by atoms with Gasteiger partial charge in [-0.1, -0.05) is 12.1 Å². The van der Waals surface area contributed by atoms with Crippen LogP contribution in [0.3, 0.4) is 0 Å². The van der Waals surface area contributed by atoms with Gasteiger partial charge in [0, 0.05) is 18.6 Å². The molecule has 0 aliphatic carbocycles. The van der Waals surface area contributed by atoms with E-state index in [1.54, 1.807) is 12.1 Å². The standard InChI is InChI=1S/C9H7ClN2O2/c10-8(6-11)4-7-2-1-3-9(5-7)12(13)14/h1-3,5,8H,4H2/t8-/m0/s1. The van der Waals surface area contributed by atoms with Gasteiger partial charge in [-0.15, -0.1) is 11.6 Å². The molecular weight excluding hydrogens is 204 g/mol. The molecule has 0 spiro atoms. The summed E-state index contributed by atoms with van der Waals surface area (Å²) in [4.78, 5) is 9.94. The molecule has 72 valence electrons. The lowest BCUT2D eigenvalue weighted by Gasteiger charge is -2.00. The van der Waals surface area contributed by atoms with Crippen LogP contribution < -0.4 is 0 Å². The molecule has 1 atom stereocenters. The number of nitriles is 1. The average Bonchev–Trinajstić information content (AvgIpc) is 2.18. The number of non-ortho nitro benzene ring substituents is 1. The van der Waals surface area contributed by atoms with E-state index in [4.69, 9.17) is 16.9 Å². The number of alkyl halides is 1. The smallest absolute Gasteiger partial charge is 0.258 e. The molecular formula is C9H7ClN2O2. The van der Waals surface area contributed by atoms with Crippen molar-refractivity contribution in [1.29, 1.82) is 5.26 Å². The molecule has 1 aromatic rings. The monoisotopic (exact) mass is 210 g/mol. The molecule has 4 nitrogen and oxygen atoms in total. The number of rotatable bonds is 3. The maximum absolute atomic E-state index is 10.4. The van der Waals surface area contributed by atoms with E-state index in [2.05, 4.69) is 0 Å². The van der Waals surface area contributed by atoms with Crippen molar-refractivity contribution < 1.29 is 4.92 Å². The molecule has 0 aliphatic heterocycles. The Morgan fingerprint density at radius 3 is 2.93 bits per heavy atom. The Kier molecular flexibility index (Phi) is 3.43. The first kappa shape index (κ1) is 10.5. The van der Waals surface area contributed by atoms with Gasteiger partial charge in [-0.2, -0.15) is 5.26 Å². The van der Waals surface area contributed by atoms with Crippen molar-refractivity contribution in [3.05, 3.63) is 39.9 Å². The SMILES string of the molecule is N#C[C@@H](Cl)Cc1cccc([N+](=O)[O-])c1. The van der Waals surface area contributed by atoms with Crippen molar-refractivity contribution in [2.75, 3.05) is 0 Å². The Bertz CT molecular complexity index is 387. The summed E-state index contributed by atoms with van der Waals surface area (Å²) in [6.07, 6.45) is 0.319. The van der Waals surface area contributed by atoms with Crippen LogP contribution in [-0.2, 0) is 6.42 Å². The molecule has 1 rings (SSSR count). The van der Waals surface area contributed by atoms with Gasteiger partial charge < -0.3 is 0 Å². The Labute approximate surface area is 85.9 Å². The lowest BCUT2D eigenvalue weighted by atomic mass is 10.1. The predicted molar refractivity (Wildman–Crippen MR) is 52.1 cm³/mol. The fourth-order valence-electron chi connectivity index (χ4n) is 1.05. The molecule has 14 heavy (non-hydrogen) atoms. The maximum atomic E-state index is 10.4. The molecule has 0 N–H and O–H groups in total. The third-order valence-corrected chi connectivity index (χ3v) is 1.93. The molecule has 5 heteroatoms. The van der Waals surface area contributed by atoms with Crippen LogP contribution in [-0.4, -0.2) is 10.3 Å². The highest BCUT2D eigenvalue weighted by atomic mass is 35.5. The Hall–Kier alpha value is -1.60. The highest BCUT2D eigenvalue weighted by Crippen LogP contribution is 2.15. The van der Waals surface area contributed by atoms with Crippen LogP contribution in [0.25, 0.3) is 0 Å². The maximum Gasteiger partial charge on any atom is 0.269 e. The van der Waals surface area contributed by atoms with Gasteiger partial charge in [-0.3, -0.25) is 10.1 Å². The predicted octanol–water partition coefficient (Wildman–Crippen LogP) is 2.27. The minimum Gasteiger partial charge on any atom is -0.258 e. The minimum absolute atomic E-state index is 0.0179. The second-order valence-corrected chi connectivity index (χ2v) is 3.25. The molecule has 0 fully saturated rings. The first-order valence-electron chi connectivity index (χ1n) is 3.90. The van der Waals surface area contributed by atoms with E-state index in [0.29, 0.717) is 12.0 Å². The Balaban J connectivity index is 2.85. The minimum atomic E-state index is -0.642. The van der Waals surface area contributed by atoms with Crippen LogP contribution in [0, 0.1) is 21.4 Å². The van der Waals surface area contributed by atoms with Gasteiger partial charge in [0.1, 0.15) is 5.38 Å². The van der Waals surface area contributed by atoms with E-state index in [-0.39, 0.29) is 5.69 Å². The topological polar surface area (TPSA) is 66.9 Å². The molecule has 0 saturated carbocycles. The Morgan fingerprint density at radius 1 is 1.64 bits per heavy atom. The van der Waals surface area contributed by atoms with Crippen molar-refractivity contribution in [2.45, 2.75) is 11.8 Å². The number of nitro groups is 1. The number of nitrogens with zero attached hydrogens (tertiary/aromatic N) is 2.